The van der Waals surface area contributed by atoms with Crippen LogP contribution in [0.2, 0.25) is 0 Å². The van der Waals surface area contributed by atoms with Crippen LogP contribution in [0.15, 0.2) is 24.3 Å². The van der Waals surface area contributed by atoms with Gasteiger partial charge in [0.05, 0.1) is 17.8 Å². The molecule has 0 spiro atoms. The third-order valence-electron chi connectivity index (χ3n) is 4.87. The molecule has 0 saturated carbocycles. The lowest BCUT2D eigenvalue weighted by molar-refractivity contribution is -0.0985. The Hall–Kier alpha value is -0.900. The Balaban J connectivity index is 1.72. The number of methoxy groups -OCH3 is 1. The molecule has 3 nitrogen and oxygen atoms in total. The molecular weight excluding hydrogens is 252 g/mol. The van der Waals surface area contributed by atoms with E-state index in [0.29, 0.717) is 6.61 Å². The molecular formula is C17H24O3. The van der Waals surface area contributed by atoms with Crippen LogP contribution in [0, 0.1) is 6.92 Å². The Labute approximate surface area is 121 Å². The van der Waals surface area contributed by atoms with Gasteiger partial charge >= 0.3 is 0 Å². The molecule has 1 aromatic carbocycles. The molecule has 2 saturated heterocycles. The number of hydrogen-bond donors (Lipinski definition) is 0. The van der Waals surface area contributed by atoms with Gasteiger partial charge in [0.25, 0.3) is 0 Å². The monoisotopic (exact) mass is 276 g/mol. The second-order valence-electron chi connectivity index (χ2n) is 6.60. The molecule has 3 heteroatoms. The van der Waals surface area contributed by atoms with E-state index in [1.807, 2.05) is 0 Å². The summed E-state index contributed by atoms with van der Waals surface area (Å²) in [6.45, 7) is 7.00. The smallest absolute Gasteiger partial charge is 0.116 e. The number of hydrogen-bond acceptors (Lipinski definition) is 3. The van der Waals surface area contributed by atoms with Crippen molar-refractivity contribution < 1.29 is 14.2 Å². The van der Waals surface area contributed by atoms with E-state index < -0.39 is 0 Å². The molecule has 110 valence electrons. The Morgan fingerprint density at radius 2 is 1.70 bits per heavy atom. The average molecular weight is 276 g/mol. The molecule has 4 unspecified atom stereocenters. The highest BCUT2D eigenvalue weighted by molar-refractivity contribution is 5.21. The Morgan fingerprint density at radius 3 is 2.30 bits per heavy atom. The highest BCUT2D eigenvalue weighted by Crippen LogP contribution is 2.52. The molecule has 0 aliphatic carbocycles. The van der Waals surface area contributed by atoms with Gasteiger partial charge in [0.1, 0.15) is 12.2 Å². The molecule has 4 atom stereocenters. The van der Waals surface area contributed by atoms with Crippen LogP contribution in [0.5, 0.6) is 0 Å². The van der Waals surface area contributed by atoms with E-state index in [9.17, 15) is 0 Å². The molecule has 2 aliphatic heterocycles. The minimum atomic E-state index is -0.208. The fourth-order valence-corrected chi connectivity index (χ4v) is 3.68. The predicted molar refractivity (Wildman–Crippen MR) is 77.7 cm³/mol. The van der Waals surface area contributed by atoms with Crippen LogP contribution < -0.4 is 0 Å². The van der Waals surface area contributed by atoms with Gasteiger partial charge in [0.15, 0.2) is 0 Å². The molecule has 0 N–H and O–H groups in total. The van der Waals surface area contributed by atoms with Gasteiger partial charge in [-0.25, -0.2) is 0 Å². The maximum absolute atomic E-state index is 6.22. The van der Waals surface area contributed by atoms with Crippen LogP contribution in [0.4, 0.5) is 0 Å². The fraction of sp³-hybridized carbons (Fsp3) is 0.647. The third-order valence-corrected chi connectivity index (χ3v) is 4.87. The summed E-state index contributed by atoms with van der Waals surface area (Å²) in [7, 11) is 1.76. The fourth-order valence-electron chi connectivity index (χ4n) is 3.68. The van der Waals surface area contributed by atoms with Gasteiger partial charge in [0, 0.05) is 7.11 Å². The molecule has 1 aromatic rings. The van der Waals surface area contributed by atoms with Gasteiger partial charge < -0.3 is 14.2 Å². The van der Waals surface area contributed by atoms with E-state index >= 15 is 0 Å². The summed E-state index contributed by atoms with van der Waals surface area (Å²) >= 11 is 0. The summed E-state index contributed by atoms with van der Waals surface area (Å²) in [6, 6.07) is 8.48. The summed E-state index contributed by atoms with van der Waals surface area (Å²) in [5.74, 6) is 0. The van der Waals surface area contributed by atoms with Gasteiger partial charge in [0.2, 0.25) is 0 Å². The van der Waals surface area contributed by atoms with Crippen molar-refractivity contribution in [1.29, 1.82) is 0 Å². The minimum absolute atomic E-state index is 0.00699. The van der Waals surface area contributed by atoms with Crippen LogP contribution in [-0.2, 0) is 20.8 Å². The van der Waals surface area contributed by atoms with Crippen molar-refractivity contribution in [3.63, 3.8) is 0 Å². The number of benzene rings is 1. The van der Waals surface area contributed by atoms with Crippen LogP contribution in [0.25, 0.3) is 0 Å². The van der Waals surface area contributed by atoms with Crippen LogP contribution in [0.1, 0.15) is 37.8 Å². The first-order valence-corrected chi connectivity index (χ1v) is 7.37. The minimum Gasteiger partial charge on any atom is -0.376 e. The van der Waals surface area contributed by atoms with Gasteiger partial charge in [-0.3, -0.25) is 0 Å². The lowest BCUT2D eigenvalue weighted by Crippen LogP contribution is -2.49. The van der Waals surface area contributed by atoms with E-state index in [4.69, 9.17) is 14.2 Å². The lowest BCUT2D eigenvalue weighted by Gasteiger charge is -2.35. The third kappa shape index (κ3) is 2.18. The molecule has 2 fully saturated rings. The zero-order valence-electron chi connectivity index (χ0n) is 12.8. The maximum atomic E-state index is 6.22. The van der Waals surface area contributed by atoms with Gasteiger partial charge in [-0.05, 0) is 39.2 Å². The number of aryl methyl sites for hydroxylation is 1. The summed E-state index contributed by atoms with van der Waals surface area (Å²) in [6.07, 6.45) is 2.12. The Morgan fingerprint density at radius 1 is 1.10 bits per heavy atom. The van der Waals surface area contributed by atoms with Crippen molar-refractivity contribution in [3.05, 3.63) is 35.4 Å². The summed E-state index contributed by atoms with van der Waals surface area (Å²) in [5.41, 5.74) is 2.06. The van der Waals surface area contributed by atoms with Crippen molar-refractivity contribution in [2.45, 2.75) is 63.6 Å². The first-order chi connectivity index (χ1) is 9.47. The van der Waals surface area contributed by atoms with Crippen LogP contribution >= 0.6 is 0 Å². The quantitative estimate of drug-likeness (QED) is 0.845. The molecule has 0 radical (unpaired) electrons. The maximum Gasteiger partial charge on any atom is 0.116 e. The van der Waals surface area contributed by atoms with Crippen molar-refractivity contribution in [2.24, 2.45) is 0 Å². The zero-order chi connectivity index (χ0) is 14.4. The van der Waals surface area contributed by atoms with E-state index in [1.165, 1.54) is 11.1 Å². The van der Waals surface area contributed by atoms with E-state index in [-0.39, 0.29) is 23.4 Å². The summed E-state index contributed by atoms with van der Waals surface area (Å²) in [5, 5.41) is 0. The summed E-state index contributed by atoms with van der Waals surface area (Å²) in [4.78, 5) is 0. The van der Waals surface area contributed by atoms with Gasteiger partial charge in [-0.2, -0.15) is 0 Å². The molecule has 0 amide bonds. The lowest BCUT2D eigenvalue weighted by atomic mass is 9.79. The van der Waals surface area contributed by atoms with Crippen molar-refractivity contribution in [3.8, 4) is 0 Å². The van der Waals surface area contributed by atoms with Crippen LogP contribution in [-0.4, -0.2) is 30.5 Å². The van der Waals surface area contributed by atoms with Crippen molar-refractivity contribution in [2.75, 3.05) is 7.11 Å². The first-order valence-electron chi connectivity index (χ1n) is 7.37. The first kappa shape index (κ1) is 14.1. The second-order valence-corrected chi connectivity index (χ2v) is 6.60. The van der Waals surface area contributed by atoms with E-state index in [1.54, 1.807) is 7.11 Å². The van der Waals surface area contributed by atoms with Crippen LogP contribution in [0.3, 0.4) is 0 Å². The largest absolute Gasteiger partial charge is 0.376 e. The number of fused-ring (bicyclic) bond motifs is 2. The Kier molecular flexibility index (Phi) is 3.39. The molecule has 2 heterocycles. The SMILES string of the molecule is COC1C(OCc2ccc(C)cc2)C2(C)CCC1(C)O2. The van der Waals surface area contributed by atoms with Gasteiger partial charge in [-0.1, -0.05) is 29.8 Å². The second kappa shape index (κ2) is 4.83. The summed E-state index contributed by atoms with van der Waals surface area (Å²) < 4.78 is 18.1. The predicted octanol–water partition coefficient (Wildman–Crippen LogP) is 3.24. The van der Waals surface area contributed by atoms with E-state index in [0.717, 1.165) is 12.8 Å². The topological polar surface area (TPSA) is 27.7 Å². The zero-order valence-corrected chi connectivity index (χ0v) is 12.8. The average Bonchev–Trinajstić information content (AvgIpc) is 2.84. The molecule has 2 bridgehead atoms. The molecule has 20 heavy (non-hydrogen) atoms. The highest BCUT2D eigenvalue weighted by Gasteiger charge is 2.64. The number of ether oxygens (including phenoxy) is 3. The molecule has 2 aliphatic rings. The number of rotatable bonds is 4. The molecule has 0 aromatic heterocycles. The Bertz CT molecular complexity index is 484. The normalized spacial score (nSPS) is 39.4. The highest BCUT2D eigenvalue weighted by atomic mass is 16.6. The van der Waals surface area contributed by atoms with E-state index in [2.05, 4.69) is 45.0 Å². The van der Waals surface area contributed by atoms with Crippen molar-refractivity contribution >= 4 is 0 Å². The van der Waals surface area contributed by atoms with Crippen molar-refractivity contribution in [1.82, 2.24) is 0 Å². The van der Waals surface area contributed by atoms with Gasteiger partial charge in [-0.15, -0.1) is 0 Å². The molecule has 3 rings (SSSR count). The standard InChI is InChI=1S/C17H24O3/c1-12-5-7-13(8-6-12)11-19-15-14(18-4)16(2)9-10-17(15,3)20-16/h5-8,14-15H,9-11H2,1-4H3.